The Hall–Kier alpha value is 0. The smallest absolute Gasteiger partial charge is 0.0385 e. The van der Waals surface area contributed by atoms with E-state index >= 15 is 0 Å². The molecule has 0 saturated heterocycles. The summed E-state index contributed by atoms with van der Waals surface area (Å²) in [6.07, 6.45) is 2.52. The van der Waals surface area contributed by atoms with Crippen molar-refractivity contribution in [1.29, 1.82) is 0 Å². The average Bonchev–Trinajstić information content (AvgIpc) is 1.93. The molecule has 0 heterocycles. The normalized spacial score (nSPS) is 8.00. The van der Waals surface area contributed by atoms with Gasteiger partial charge < -0.3 is 0 Å². The van der Waals surface area contributed by atoms with Gasteiger partial charge in [0.1, 0.15) is 0 Å². The molecule has 0 unspecified atom stereocenters. The van der Waals surface area contributed by atoms with Crippen LogP contribution in [-0.4, -0.2) is 0 Å². The van der Waals surface area contributed by atoms with Crippen LogP contribution in [0.5, 0.6) is 0 Å². The van der Waals surface area contributed by atoms with Gasteiger partial charge in [0, 0.05) is 0 Å². The molecule has 0 N–H and O–H groups in total. The molecule has 0 nitrogen and oxygen atoms in total. The SMILES string of the molecule is C.CC.CCC.CCC(C)(C)C. The molecule has 0 aliphatic carbocycles. The van der Waals surface area contributed by atoms with Gasteiger partial charge in [0.25, 0.3) is 0 Å². The molecule has 0 aliphatic heterocycles. The molecular weight excluding hydrogens is 144 g/mol. The van der Waals surface area contributed by atoms with E-state index in [-0.39, 0.29) is 7.43 Å². The van der Waals surface area contributed by atoms with Crippen molar-refractivity contribution in [2.24, 2.45) is 5.41 Å². The minimum Gasteiger partial charge on any atom is -0.0776 e. The Morgan fingerprint density at radius 3 is 0.917 bits per heavy atom. The lowest BCUT2D eigenvalue weighted by Crippen LogP contribution is -2.00. The Kier molecular flexibility index (Phi) is 32.5. The van der Waals surface area contributed by atoms with Crippen molar-refractivity contribution in [2.75, 3.05) is 0 Å². The van der Waals surface area contributed by atoms with E-state index in [1.165, 1.54) is 12.8 Å². The van der Waals surface area contributed by atoms with Crippen molar-refractivity contribution in [3.05, 3.63) is 0 Å². The van der Waals surface area contributed by atoms with E-state index < -0.39 is 0 Å². The third kappa shape index (κ3) is 90.0. The third-order valence-electron chi connectivity index (χ3n) is 1.06. The first kappa shape index (κ1) is 22.7. The molecule has 0 aromatic heterocycles. The highest BCUT2D eigenvalue weighted by atomic mass is 14.1. The summed E-state index contributed by atoms with van der Waals surface area (Å²) < 4.78 is 0. The van der Waals surface area contributed by atoms with Gasteiger partial charge >= 0.3 is 0 Å². The molecule has 0 rings (SSSR count). The lowest BCUT2D eigenvalue weighted by atomic mass is 9.94. The molecule has 0 spiro atoms. The maximum absolute atomic E-state index is 2.24. The van der Waals surface area contributed by atoms with Crippen molar-refractivity contribution in [2.45, 2.75) is 75.7 Å². The standard InChI is InChI=1S/C6H14.C3H8.C2H6.CH4/c1-5-6(2,3)4;1-3-2;1-2;/h5H2,1-4H3;3H2,1-2H3;1-2H3;1H4. The molecule has 0 aromatic rings. The zero-order valence-electron chi connectivity index (χ0n) is 9.91. The van der Waals surface area contributed by atoms with Crippen molar-refractivity contribution < 1.29 is 0 Å². The van der Waals surface area contributed by atoms with Crippen LogP contribution in [0.2, 0.25) is 0 Å². The second kappa shape index (κ2) is 17.2. The van der Waals surface area contributed by atoms with Gasteiger partial charge in [0.2, 0.25) is 0 Å². The lowest BCUT2D eigenvalue weighted by molar-refractivity contribution is 0.398. The maximum Gasteiger partial charge on any atom is -0.0385 e. The van der Waals surface area contributed by atoms with Gasteiger partial charge in [-0.05, 0) is 5.41 Å². The molecule has 0 saturated carbocycles. The average molecular weight is 176 g/mol. The van der Waals surface area contributed by atoms with E-state index in [4.69, 9.17) is 0 Å². The number of hydrogen-bond acceptors (Lipinski definition) is 0. The van der Waals surface area contributed by atoms with Gasteiger partial charge in [-0.1, -0.05) is 75.7 Å². The van der Waals surface area contributed by atoms with Gasteiger partial charge in [-0.25, -0.2) is 0 Å². The largest absolute Gasteiger partial charge is 0.0776 e. The molecule has 0 amide bonds. The van der Waals surface area contributed by atoms with E-state index in [2.05, 4.69) is 41.5 Å². The van der Waals surface area contributed by atoms with Gasteiger partial charge in [-0.2, -0.15) is 0 Å². The van der Waals surface area contributed by atoms with Crippen LogP contribution in [0.1, 0.15) is 75.7 Å². The summed E-state index contributed by atoms with van der Waals surface area (Å²) in [7, 11) is 0. The van der Waals surface area contributed by atoms with E-state index in [0.29, 0.717) is 5.41 Å². The molecule has 0 aliphatic rings. The second-order valence-electron chi connectivity index (χ2n) is 3.62. The summed E-state index contributed by atoms with van der Waals surface area (Å²) in [6, 6.07) is 0. The van der Waals surface area contributed by atoms with E-state index in [0.717, 1.165) is 0 Å². The molecule has 0 heteroatoms. The Morgan fingerprint density at radius 2 is 0.917 bits per heavy atom. The van der Waals surface area contributed by atoms with E-state index in [1.54, 1.807) is 0 Å². The molecule has 0 atom stereocenters. The quantitative estimate of drug-likeness (QED) is 0.456. The summed E-state index contributed by atoms with van der Waals surface area (Å²) in [5, 5.41) is 0. The molecule has 0 bridgehead atoms. The van der Waals surface area contributed by atoms with Crippen molar-refractivity contribution in [1.82, 2.24) is 0 Å². The topological polar surface area (TPSA) is 0 Å². The first-order valence-electron chi connectivity index (χ1n) is 4.97. The Morgan fingerprint density at radius 1 is 0.833 bits per heavy atom. The fourth-order valence-corrected chi connectivity index (χ4v) is 0. The van der Waals surface area contributed by atoms with Gasteiger partial charge in [0.15, 0.2) is 0 Å². The zero-order chi connectivity index (χ0) is 9.91. The molecule has 12 heavy (non-hydrogen) atoms. The highest BCUT2D eigenvalue weighted by molar-refractivity contribution is 4.55. The van der Waals surface area contributed by atoms with Crippen LogP contribution in [0.15, 0.2) is 0 Å². The fraction of sp³-hybridized carbons (Fsp3) is 1.00. The van der Waals surface area contributed by atoms with Crippen LogP contribution in [-0.2, 0) is 0 Å². The first-order valence-corrected chi connectivity index (χ1v) is 4.97. The number of rotatable bonds is 0. The maximum atomic E-state index is 2.24. The fourth-order valence-electron chi connectivity index (χ4n) is 0. The summed E-state index contributed by atoms with van der Waals surface area (Å²) >= 11 is 0. The zero-order valence-corrected chi connectivity index (χ0v) is 9.91. The van der Waals surface area contributed by atoms with Gasteiger partial charge in [-0.3, -0.25) is 0 Å². The summed E-state index contributed by atoms with van der Waals surface area (Å²) in [4.78, 5) is 0. The van der Waals surface area contributed by atoms with Gasteiger partial charge in [0.05, 0.1) is 0 Å². The van der Waals surface area contributed by atoms with Crippen LogP contribution in [0.3, 0.4) is 0 Å². The minimum atomic E-state index is 0. The Labute approximate surface area is 81.8 Å². The van der Waals surface area contributed by atoms with Crippen LogP contribution in [0.4, 0.5) is 0 Å². The molecule has 80 valence electrons. The molecule has 0 aromatic carbocycles. The van der Waals surface area contributed by atoms with Gasteiger partial charge in [-0.15, -0.1) is 0 Å². The van der Waals surface area contributed by atoms with Crippen LogP contribution in [0, 0.1) is 5.41 Å². The van der Waals surface area contributed by atoms with Crippen LogP contribution < -0.4 is 0 Å². The predicted octanol–water partition coefficient (Wildman–Crippen LogP) is 5.52. The minimum absolute atomic E-state index is 0. The lowest BCUT2D eigenvalue weighted by Gasteiger charge is -2.12. The molecule has 0 radical (unpaired) electrons. The number of hydrogen-bond donors (Lipinski definition) is 0. The summed E-state index contributed by atoms with van der Waals surface area (Å²) in [5.41, 5.74) is 0.542. The first-order chi connectivity index (χ1) is 4.97. The summed E-state index contributed by atoms with van der Waals surface area (Å²) in [5.74, 6) is 0. The van der Waals surface area contributed by atoms with Crippen LogP contribution >= 0.6 is 0 Å². The van der Waals surface area contributed by atoms with E-state index in [1.807, 2.05) is 13.8 Å². The predicted molar refractivity (Wildman–Crippen MR) is 63.8 cm³/mol. The Bertz CT molecular complexity index is 38.5. The molecule has 0 fully saturated rings. The molecular formula is C12H32. The van der Waals surface area contributed by atoms with Crippen molar-refractivity contribution in [3.63, 3.8) is 0 Å². The Balaban J connectivity index is -0.0000000462. The highest BCUT2D eigenvalue weighted by Crippen LogP contribution is 2.16. The summed E-state index contributed by atoms with van der Waals surface area (Å²) in [6.45, 7) is 17.2. The van der Waals surface area contributed by atoms with Crippen molar-refractivity contribution >= 4 is 0 Å². The van der Waals surface area contributed by atoms with E-state index in [9.17, 15) is 0 Å². The van der Waals surface area contributed by atoms with Crippen LogP contribution in [0.25, 0.3) is 0 Å². The monoisotopic (exact) mass is 176 g/mol. The second-order valence-corrected chi connectivity index (χ2v) is 3.62. The third-order valence-corrected chi connectivity index (χ3v) is 1.06. The van der Waals surface area contributed by atoms with Crippen molar-refractivity contribution in [3.8, 4) is 0 Å². The highest BCUT2D eigenvalue weighted by Gasteiger charge is 2.03.